The van der Waals surface area contributed by atoms with Gasteiger partial charge in [0.1, 0.15) is 0 Å². The van der Waals surface area contributed by atoms with Gasteiger partial charge in [-0.2, -0.15) is 0 Å². The van der Waals surface area contributed by atoms with Crippen LogP contribution in [0.2, 0.25) is 0 Å². The van der Waals surface area contributed by atoms with Crippen molar-refractivity contribution in [1.82, 2.24) is 10.9 Å². The van der Waals surface area contributed by atoms with Crippen LogP contribution in [0.4, 0.5) is 5.69 Å². The molecule has 6 nitrogen and oxygen atoms in total. The highest BCUT2D eigenvalue weighted by molar-refractivity contribution is 5.96. The van der Waals surface area contributed by atoms with Gasteiger partial charge in [-0.05, 0) is 54.2 Å². The third kappa shape index (κ3) is 6.75. The van der Waals surface area contributed by atoms with Crippen LogP contribution in [-0.4, -0.2) is 17.7 Å². The average molecular weight is 396 g/mol. The van der Waals surface area contributed by atoms with E-state index in [4.69, 9.17) is 0 Å². The van der Waals surface area contributed by atoms with E-state index in [1.54, 1.807) is 12.1 Å². The van der Waals surface area contributed by atoms with Crippen molar-refractivity contribution in [3.05, 3.63) is 64.7 Å². The molecule has 154 valence electrons. The first-order chi connectivity index (χ1) is 13.6. The van der Waals surface area contributed by atoms with Gasteiger partial charge < -0.3 is 5.32 Å². The summed E-state index contributed by atoms with van der Waals surface area (Å²) in [6.45, 7) is 10.1. The Bertz CT molecular complexity index is 897. The summed E-state index contributed by atoms with van der Waals surface area (Å²) in [4.78, 5) is 36.2. The number of carbonyl (C=O) groups is 3. The molecule has 0 saturated carbocycles. The molecular formula is C23H29N3O3. The smallest absolute Gasteiger partial charge is 0.269 e. The Labute approximate surface area is 172 Å². The van der Waals surface area contributed by atoms with Gasteiger partial charge in [0.15, 0.2) is 0 Å². The van der Waals surface area contributed by atoms with Crippen LogP contribution in [-0.2, 0) is 15.0 Å². The van der Waals surface area contributed by atoms with Crippen LogP contribution in [0.25, 0.3) is 0 Å². The van der Waals surface area contributed by atoms with E-state index in [-0.39, 0.29) is 24.2 Å². The van der Waals surface area contributed by atoms with E-state index in [1.807, 2.05) is 44.2 Å². The number of hydrogen-bond acceptors (Lipinski definition) is 3. The van der Waals surface area contributed by atoms with Gasteiger partial charge in [0.05, 0.1) is 0 Å². The van der Waals surface area contributed by atoms with E-state index in [1.165, 1.54) is 0 Å². The maximum absolute atomic E-state index is 12.2. The number of anilines is 1. The number of nitrogens with one attached hydrogen (secondary N) is 3. The van der Waals surface area contributed by atoms with Crippen molar-refractivity contribution in [3.63, 3.8) is 0 Å². The molecule has 3 amide bonds. The van der Waals surface area contributed by atoms with E-state index < -0.39 is 11.8 Å². The highest BCUT2D eigenvalue weighted by Crippen LogP contribution is 2.22. The Morgan fingerprint density at radius 1 is 0.828 bits per heavy atom. The van der Waals surface area contributed by atoms with Crippen molar-refractivity contribution < 1.29 is 14.4 Å². The molecule has 2 aromatic rings. The quantitative estimate of drug-likeness (QED) is 0.673. The maximum Gasteiger partial charge on any atom is 0.269 e. The molecule has 0 aliphatic rings. The molecule has 3 N–H and O–H groups in total. The van der Waals surface area contributed by atoms with Crippen LogP contribution in [0.15, 0.2) is 42.5 Å². The highest BCUT2D eigenvalue weighted by Gasteiger charge is 2.15. The minimum absolute atomic E-state index is 0.000775. The number of amides is 3. The molecule has 0 radical (unpaired) electrons. The molecule has 29 heavy (non-hydrogen) atoms. The molecule has 0 heterocycles. The Balaban J connectivity index is 1.78. The fourth-order valence-corrected chi connectivity index (χ4v) is 2.69. The first-order valence-corrected chi connectivity index (χ1v) is 9.63. The van der Waals surface area contributed by atoms with Crippen molar-refractivity contribution in [1.29, 1.82) is 0 Å². The third-order valence-corrected chi connectivity index (χ3v) is 4.57. The molecule has 0 fully saturated rings. The van der Waals surface area contributed by atoms with E-state index >= 15 is 0 Å². The van der Waals surface area contributed by atoms with Gasteiger partial charge in [0, 0.05) is 24.1 Å². The van der Waals surface area contributed by atoms with Crippen molar-refractivity contribution in [2.45, 2.75) is 52.9 Å². The lowest BCUT2D eigenvalue weighted by atomic mass is 9.87. The second-order valence-electron chi connectivity index (χ2n) is 8.20. The number of carbonyl (C=O) groups excluding carboxylic acids is 3. The minimum Gasteiger partial charge on any atom is -0.326 e. The third-order valence-electron chi connectivity index (χ3n) is 4.57. The van der Waals surface area contributed by atoms with E-state index in [0.29, 0.717) is 5.56 Å². The molecule has 2 rings (SSSR count). The number of rotatable bonds is 5. The number of benzene rings is 2. The fourth-order valence-electron chi connectivity index (χ4n) is 2.69. The summed E-state index contributed by atoms with van der Waals surface area (Å²) in [5, 5.41) is 2.81. The summed E-state index contributed by atoms with van der Waals surface area (Å²) in [6, 6.07) is 13.0. The summed E-state index contributed by atoms with van der Waals surface area (Å²) in [7, 11) is 0. The molecule has 6 heteroatoms. The molecule has 0 aromatic heterocycles. The van der Waals surface area contributed by atoms with E-state index in [9.17, 15) is 14.4 Å². The Hall–Kier alpha value is -3.15. The van der Waals surface area contributed by atoms with Gasteiger partial charge in [-0.25, -0.2) is 0 Å². The lowest BCUT2D eigenvalue weighted by Gasteiger charge is -2.19. The van der Waals surface area contributed by atoms with Crippen molar-refractivity contribution in [3.8, 4) is 0 Å². The summed E-state index contributed by atoms with van der Waals surface area (Å²) < 4.78 is 0. The zero-order valence-corrected chi connectivity index (χ0v) is 17.7. The first kappa shape index (κ1) is 22.1. The van der Waals surface area contributed by atoms with Crippen molar-refractivity contribution in [2.75, 3.05) is 5.32 Å². The SMILES string of the molecule is Cc1ccc(C)c(NC(=O)CCC(=O)NNC(=O)c2ccc(C(C)(C)C)cc2)c1. The molecule has 2 aromatic carbocycles. The molecule has 0 spiro atoms. The zero-order chi connectivity index (χ0) is 21.6. The van der Waals surface area contributed by atoms with Gasteiger partial charge in [-0.15, -0.1) is 0 Å². The van der Waals surface area contributed by atoms with Crippen LogP contribution in [0.5, 0.6) is 0 Å². The van der Waals surface area contributed by atoms with Crippen LogP contribution in [0.3, 0.4) is 0 Å². The zero-order valence-electron chi connectivity index (χ0n) is 17.7. The normalized spacial score (nSPS) is 10.9. The van der Waals surface area contributed by atoms with Crippen LogP contribution >= 0.6 is 0 Å². The lowest BCUT2D eigenvalue weighted by Crippen LogP contribution is -2.41. The van der Waals surface area contributed by atoms with Gasteiger partial charge in [-0.1, -0.05) is 45.0 Å². The number of hydrogen-bond donors (Lipinski definition) is 3. The van der Waals surface area contributed by atoms with Gasteiger partial charge >= 0.3 is 0 Å². The van der Waals surface area contributed by atoms with E-state index in [2.05, 4.69) is 36.9 Å². The predicted octanol–water partition coefficient (Wildman–Crippen LogP) is 3.78. The molecule has 0 atom stereocenters. The van der Waals surface area contributed by atoms with Gasteiger partial charge in [0.2, 0.25) is 11.8 Å². The largest absolute Gasteiger partial charge is 0.326 e. The molecule has 0 aliphatic heterocycles. The summed E-state index contributed by atoms with van der Waals surface area (Å²) in [5.41, 5.74) is 9.03. The van der Waals surface area contributed by atoms with Crippen molar-refractivity contribution >= 4 is 23.4 Å². The summed E-state index contributed by atoms with van der Waals surface area (Å²) in [6.07, 6.45) is -0.00466. The Kier molecular flexibility index (Phi) is 7.15. The summed E-state index contributed by atoms with van der Waals surface area (Å²) >= 11 is 0. The van der Waals surface area contributed by atoms with Gasteiger partial charge in [-0.3, -0.25) is 25.2 Å². The molecule has 0 aliphatic carbocycles. The van der Waals surface area contributed by atoms with Crippen LogP contribution in [0, 0.1) is 13.8 Å². The standard InChI is InChI=1S/C23H29N3O3/c1-15-6-7-16(2)19(14-15)24-20(27)12-13-21(28)25-26-22(29)17-8-10-18(11-9-17)23(3,4)5/h6-11,14H,12-13H2,1-5H3,(H,24,27)(H,25,28)(H,26,29). The fraction of sp³-hybridized carbons (Fsp3) is 0.348. The Morgan fingerprint density at radius 3 is 2.07 bits per heavy atom. The molecule has 0 saturated heterocycles. The van der Waals surface area contributed by atoms with Crippen LogP contribution in [0.1, 0.15) is 60.7 Å². The second-order valence-corrected chi connectivity index (χ2v) is 8.20. The minimum atomic E-state index is -0.430. The number of hydrazine groups is 1. The summed E-state index contributed by atoms with van der Waals surface area (Å²) in [5.74, 6) is -1.09. The predicted molar refractivity (Wildman–Crippen MR) is 115 cm³/mol. The van der Waals surface area contributed by atoms with E-state index in [0.717, 1.165) is 22.4 Å². The lowest BCUT2D eigenvalue weighted by molar-refractivity contribution is -0.124. The Morgan fingerprint density at radius 2 is 1.45 bits per heavy atom. The van der Waals surface area contributed by atoms with Gasteiger partial charge in [0.25, 0.3) is 5.91 Å². The second kappa shape index (κ2) is 9.37. The topological polar surface area (TPSA) is 87.3 Å². The molecule has 0 bridgehead atoms. The van der Waals surface area contributed by atoms with Crippen molar-refractivity contribution in [2.24, 2.45) is 0 Å². The monoisotopic (exact) mass is 395 g/mol. The first-order valence-electron chi connectivity index (χ1n) is 9.63. The molecule has 0 unspecified atom stereocenters. The molecular weight excluding hydrogens is 366 g/mol. The van der Waals surface area contributed by atoms with Crippen LogP contribution < -0.4 is 16.2 Å². The maximum atomic E-state index is 12.2. The highest BCUT2D eigenvalue weighted by atomic mass is 16.2. The number of aryl methyl sites for hydroxylation is 2. The average Bonchev–Trinajstić information content (AvgIpc) is 2.66.